The number of rotatable bonds is 4. The summed E-state index contributed by atoms with van der Waals surface area (Å²) in [7, 11) is 0. The maximum Gasteiger partial charge on any atom is 0.0772 e. The van der Waals surface area contributed by atoms with Gasteiger partial charge in [-0.2, -0.15) is 0 Å². The third kappa shape index (κ3) is 4.10. The average Bonchev–Trinajstić information content (AvgIpc) is 2.35. The molecule has 0 aromatic heterocycles. The van der Waals surface area contributed by atoms with E-state index in [0.717, 1.165) is 44.7 Å². The molecular weight excluding hydrogens is 222 g/mol. The zero-order chi connectivity index (χ0) is 13.1. The summed E-state index contributed by atoms with van der Waals surface area (Å²) in [6.45, 7) is 6.47. The topological polar surface area (TPSA) is 32.3 Å². The largest absolute Gasteiger partial charge is 0.389 e. The Morgan fingerprint density at radius 2 is 1.89 bits per heavy atom. The van der Waals surface area contributed by atoms with Gasteiger partial charge in [0, 0.05) is 6.54 Å². The van der Waals surface area contributed by atoms with E-state index < -0.39 is 5.60 Å². The van der Waals surface area contributed by atoms with Crippen molar-refractivity contribution in [3.63, 3.8) is 0 Å². The standard InChI is InChI=1S/C16H29NO/c1-15(2)8-10-16(18,11-9-15)13-17-12-14-6-4-3-5-7-14/h3-4,14,17-18H,5-13H2,1-2H3. The first kappa shape index (κ1) is 14.1. The van der Waals surface area contributed by atoms with E-state index in [-0.39, 0.29) is 0 Å². The van der Waals surface area contributed by atoms with E-state index >= 15 is 0 Å². The molecule has 0 aromatic rings. The van der Waals surface area contributed by atoms with Crippen LogP contribution in [-0.2, 0) is 0 Å². The molecule has 2 rings (SSSR count). The molecular formula is C16H29NO. The predicted octanol–water partition coefficient (Wildman–Crippen LogP) is 3.26. The summed E-state index contributed by atoms with van der Waals surface area (Å²) in [5.41, 5.74) is -0.0135. The van der Waals surface area contributed by atoms with Gasteiger partial charge in [-0.15, -0.1) is 0 Å². The summed E-state index contributed by atoms with van der Waals surface area (Å²) >= 11 is 0. The van der Waals surface area contributed by atoms with Crippen molar-refractivity contribution >= 4 is 0 Å². The van der Waals surface area contributed by atoms with Crippen molar-refractivity contribution in [1.82, 2.24) is 5.32 Å². The van der Waals surface area contributed by atoms with Crippen molar-refractivity contribution in [3.05, 3.63) is 12.2 Å². The Morgan fingerprint density at radius 1 is 1.17 bits per heavy atom. The van der Waals surface area contributed by atoms with Crippen LogP contribution in [0.5, 0.6) is 0 Å². The number of hydrogen-bond acceptors (Lipinski definition) is 2. The first-order valence-corrected chi connectivity index (χ1v) is 7.57. The summed E-state index contributed by atoms with van der Waals surface area (Å²) in [6, 6.07) is 0. The van der Waals surface area contributed by atoms with Gasteiger partial charge in [0.2, 0.25) is 0 Å². The van der Waals surface area contributed by atoms with Crippen LogP contribution in [0.4, 0.5) is 0 Å². The van der Waals surface area contributed by atoms with Crippen LogP contribution in [0.1, 0.15) is 58.8 Å². The average molecular weight is 251 g/mol. The Labute approximate surface area is 112 Å². The SMILES string of the molecule is CC1(C)CCC(O)(CNCC2CC=CCC2)CC1. The molecule has 1 fully saturated rings. The van der Waals surface area contributed by atoms with Crippen LogP contribution >= 0.6 is 0 Å². The second-order valence-electron chi connectivity index (χ2n) is 7.17. The molecule has 0 saturated heterocycles. The molecule has 1 unspecified atom stereocenters. The Kier molecular flexibility index (Phi) is 4.50. The molecule has 1 saturated carbocycles. The molecule has 1 atom stereocenters. The Hall–Kier alpha value is -0.340. The molecule has 2 nitrogen and oxygen atoms in total. The van der Waals surface area contributed by atoms with Gasteiger partial charge >= 0.3 is 0 Å². The molecule has 2 aliphatic carbocycles. The lowest BCUT2D eigenvalue weighted by molar-refractivity contribution is -0.0247. The van der Waals surface area contributed by atoms with Gasteiger partial charge in [0.05, 0.1) is 5.60 Å². The number of allylic oxidation sites excluding steroid dienone is 2. The van der Waals surface area contributed by atoms with Crippen LogP contribution in [0, 0.1) is 11.3 Å². The molecule has 0 bridgehead atoms. The first-order valence-electron chi connectivity index (χ1n) is 7.57. The van der Waals surface area contributed by atoms with Crippen molar-refractivity contribution in [2.45, 2.75) is 64.4 Å². The van der Waals surface area contributed by atoms with Gasteiger partial charge in [0.15, 0.2) is 0 Å². The van der Waals surface area contributed by atoms with Crippen LogP contribution in [-0.4, -0.2) is 23.8 Å². The normalized spacial score (nSPS) is 30.3. The van der Waals surface area contributed by atoms with Crippen molar-refractivity contribution in [2.75, 3.05) is 13.1 Å². The van der Waals surface area contributed by atoms with Gasteiger partial charge in [-0.3, -0.25) is 0 Å². The Morgan fingerprint density at radius 3 is 2.50 bits per heavy atom. The fourth-order valence-electron chi connectivity index (χ4n) is 3.12. The highest BCUT2D eigenvalue weighted by Crippen LogP contribution is 2.39. The Balaban J connectivity index is 1.68. The van der Waals surface area contributed by atoms with Gasteiger partial charge in [-0.05, 0) is 62.8 Å². The van der Waals surface area contributed by atoms with Gasteiger partial charge in [0.25, 0.3) is 0 Å². The first-order chi connectivity index (χ1) is 8.49. The minimum absolute atomic E-state index is 0.431. The second kappa shape index (κ2) is 5.75. The highest BCUT2D eigenvalue weighted by Gasteiger charge is 2.36. The summed E-state index contributed by atoms with van der Waals surface area (Å²) in [6.07, 6.45) is 12.5. The third-order valence-corrected chi connectivity index (χ3v) is 4.80. The summed E-state index contributed by atoms with van der Waals surface area (Å²) in [5, 5.41) is 14.1. The molecule has 104 valence electrons. The van der Waals surface area contributed by atoms with E-state index in [0.29, 0.717) is 5.41 Å². The third-order valence-electron chi connectivity index (χ3n) is 4.80. The minimum atomic E-state index is -0.444. The zero-order valence-electron chi connectivity index (χ0n) is 12.0. The van der Waals surface area contributed by atoms with E-state index in [1.54, 1.807) is 0 Å². The molecule has 2 aliphatic rings. The Bertz CT molecular complexity index is 285. The molecule has 18 heavy (non-hydrogen) atoms. The van der Waals surface area contributed by atoms with E-state index in [2.05, 4.69) is 31.3 Å². The molecule has 2 heteroatoms. The van der Waals surface area contributed by atoms with E-state index in [1.165, 1.54) is 19.3 Å². The summed E-state index contributed by atoms with van der Waals surface area (Å²) < 4.78 is 0. The highest BCUT2D eigenvalue weighted by molar-refractivity contribution is 4.93. The fraction of sp³-hybridized carbons (Fsp3) is 0.875. The molecule has 0 radical (unpaired) electrons. The maximum absolute atomic E-state index is 10.6. The molecule has 0 heterocycles. The van der Waals surface area contributed by atoms with Crippen LogP contribution in [0.25, 0.3) is 0 Å². The molecule has 0 spiro atoms. The lowest BCUT2D eigenvalue weighted by atomic mass is 9.71. The highest BCUT2D eigenvalue weighted by atomic mass is 16.3. The van der Waals surface area contributed by atoms with Crippen molar-refractivity contribution in [1.29, 1.82) is 0 Å². The van der Waals surface area contributed by atoms with E-state index in [1.807, 2.05) is 0 Å². The maximum atomic E-state index is 10.6. The van der Waals surface area contributed by atoms with Crippen molar-refractivity contribution in [2.24, 2.45) is 11.3 Å². The van der Waals surface area contributed by atoms with E-state index in [4.69, 9.17) is 0 Å². The monoisotopic (exact) mass is 251 g/mol. The number of hydrogen-bond donors (Lipinski definition) is 2. The lowest BCUT2D eigenvalue weighted by Gasteiger charge is -2.40. The zero-order valence-corrected chi connectivity index (χ0v) is 12.0. The van der Waals surface area contributed by atoms with Crippen molar-refractivity contribution in [3.8, 4) is 0 Å². The second-order valence-corrected chi connectivity index (χ2v) is 7.17. The summed E-state index contributed by atoms with van der Waals surface area (Å²) in [5.74, 6) is 0.777. The summed E-state index contributed by atoms with van der Waals surface area (Å²) in [4.78, 5) is 0. The van der Waals surface area contributed by atoms with Crippen LogP contribution < -0.4 is 5.32 Å². The van der Waals surface area contributed by atoms with E-state index in [9.17, 15) is 5.11 Å². The minimum Gasteiger partial charge on any atom is -0.389 e. The van der Waals surface area contributed by atoms with Gasteiger partial charge in [-0.25, -0.2) is 0 Å². The molecule has 0 aliphatic heterocycles. The van der Waals surface area contributed by atoms with Crippen LogP contribution in [0.15, 0.2) is 12.2 Å². The molecule has 0 amide bonds. The fourth-order valence-corrected chi connectivity index (χ4v) is 3.12. The number of nitrogens with one attached hydrogen (secondary N) is 1. The van der Waals surface area contributed by atoms with Crippen molar-refractivity contribution < 1.29 is 5.11 Å². The molecule has 0 aromatic carbocycles. The van der Waals surface area contributed by atoms with Crippen LogP contribution in [0.3, 0.4) is 0 Å². The van der Waals surface area contributed by atoms with Gasteiger partial charge in [-0.1, -0.05) is 26.0 Å². The van der Waals surface area contributed by atoms with Gasteiger partial charge in [0.1, 0.15) is 0 Å². The van der Waals surface area contributed by atoms with Crippen LogP contribution in [0.2, 0.25) is 0 Å². The number of aliphatic hydroxyl groups is 1. The smallest absolute Gasteiger partial charge is 0.0772 e. The van der Waals surface area contributed by atoms with Gasteiger partial charge < -0.3 is 10.4 Å². The molecule has 2 N–H and O–H groups in total. The quantitative estimate of drug-likeness (QED) is 0.752. The lowest BCUT2D eigenvalue weighted by Crippen LogP contribution is -2.46. The predicted molar refractivity (Wildman–Crippen MR) is 76.5 cm³/mol.